The minimum absolute atomic E-state index is 0.157. The number of rotatable bonds is 13. The Morgan fingerprint density at radius 1 is 1.03 bits per heavy atom. The van der Waals surface area contributed by atoms with Crippen molar-refractivity contribution < 1.29 is 27.5 Å². The Balaban J connectivity index is 2.50. The molecule has 0 fully saturated rings. The molecule has 0 saturated heterocycles. The van der Waals surface area contributed by atoms with E-state index >= 15 is 0 Å². The van der Waals surface area contributed by atoms with Crippen molar-refractivity contribution in [1.29, 1.82) is 0 Å². The topological polar surface area (TPSA) is 105 Å². The molecule has 2 amide bonds. The van der Waals surface area contributed by atoms with Crippen molar-refractivity contribution in [2.45, 2.75) is 46.2 Å². The number of hydrogen-bond acceptors (Lipinski definition) is 6. The molecule has 2 rings (SSSR count). The summed E-state index contributed by atoms with van der Waals surface area (Å²) in [6, 6.07) is 11.6. The van der Waals surface area contributed by atoms with Gasteiger partial charge in [-0.3, -0.25) is 13.9 Å². The van der Waals surface area contributed by atoms with Gasteiger partial charge in [-0.15, -0.1) is 0 Å². The standard InChI is InChI=1S/C26H37N3O6S/c1-7-15-27-26(31)22(8-2)28(17-20-11-9-19(3)10-12-20)25(30)18-29(36(6,32)33)23-16-21(34-4)13-14-24(23)35-5/h9-14,16,22H,7-8,15,17-18H2,1-6H3,(H,27,31). The summed E-state index contributed by atoms with van der Waals surface area (Å²) < 4.78 is 37.3. The van der Waals surface area contributed by atoms with Gasteiger partial charge in [0, 0.05) is 19.2 Å². The molecule has 198 valence electrons. The van der Waals surface area contributed by atoms with Gasteiger partial charge in [0.1, 0.15) is 24.1 Å². The van der Waals surface area contributed by atoms with Crippen LogP contribution >= 0.6 is 0 Å². The lowest BCUT2D eigenvalue weighted by Gasteiger charge is -2.33. The molecule has 0 aromatic heterocycles. The van der Waals surface area contributed by atoms with E-state index in [2.05, 4.69) is 5.32 Å². The second-order valence-electron chi connectivity index (χ2n) is 8.53. The average molecular weight is 520 g/mol. The van der Waals surface area contributed by atoms with Crippen LogP contribution in [0.5, 0.6) is 11.5 Å². The van der Waals surface area contributed by atoms with Gasteiger partial charge in [-0.25, -0.2) is 8.42 Å². The third-order valence-corrected chi connectivity index (χ3v) is 6.87. The Bertz CT molecular complexity index is 1130. The van der Waals surface area contributed by atoms with Crippen molar-refractivity contribution >= 4 is 27.5 Å². The van der Waals surface area contributed by atoms with E-state index in [0.717, 1.165) is 28.1 Å². The Hall–Kier alpha value is -3.27. The molecule has 36 heavy (non-hydrogen) atoms. The summed E-state index contributed by atoms with van der Waals surface area (Å²) in [5.41, 5.74) is 2.07. The van der Waals surface area contributed by atoms with Crippen molar-refractivity contribution in [3.8, 4) is 11.5 Å². The number of ether oxygens (including phenoxy) is 2. The molecular weight excluding hydrogens is 482 g/mol. The van der Waals surface area contributed by atoms with Crippen molar-refractivity contribution in [2.24, 2.45) is 0 Å². The Morgan fingerprint density at radius 3 is 2.22 bits per heavy atom. The van der Waals surface area contributed by atoms with E-state index in [1.54, 1.807) is 12.1 Å². The van der Waals surface area contributed by atoms with E-state index in [1.165, 1.54) is 25.2 Å². The average Bonchev–Trinajstić information content (AvgIpc) is 2.85. The number of carbonyl (C=O) groups excluding carboxylic acids is 2. The molecule has 0 saturated carbocycles. The maximum absolute atomic E-state index is 13.7. The van der Waals surface area contributed by atoms with Gasteiger partial charge in [-0.05, 0) is 37.5 Å². The molecule has 0 aliphatic rings. The van der Waals surface area contributed by atoms with Crippen LogP contribution in [0, 0.1) is 6.92 Å². The van der Waals surface area contributed by atoms with Gasteiger partial charge in [0.15, 0.2) is 0 Å². The summed E-state index contributed by atoms with van der Waals surface area (Å²) in [4.78, 5) is 28.2. The monoisotopic (exact) mass is 519 g/mol. The Labute approximate surface area is 214 Å². The molecule has 1 unspecified atom stereocenters. The minimum atomic E-state index is -3.90. The number of nitrogens with zero attached hydrogens (tertiary/aromatic N) is 2. The first-order chi connectivity index (χ1) is 17.0. The van der Waals surface area contributed by atoms with E-state index < -0.39 is 28.5 Å². The van der Waals surface area contributed by atoms with E-state index in [-0.39, 0.29) is 23.9 Å². The van der Waals surface area contributed by atoms with Crippen LogP contribution in [0.1, 0.15) is 37.8 Å². The van der Waals surface area contributed by atoms with Gasteiger partial charge in [0.25, 0.3) is 0 Å². The lowest BCUT2D eigenvalue weighted by atomic mass is 10.1. The summed E-state index contributed by atoms with van der Waals surface area (Å²) in [6.07, 6.45) is 2.15. The molecule has 0 radical (unpaired) electrons. The second kappa shape index (κ2) is 13.2. The number of methoxy groups -OCH3 is 2. The third kappa shape index (κ3) is 7.61. The van der Waals surface area contributed by atoms with Crippen LogP contribution in [0.2, 0.25) is 0 Å². The predicted molar refractivity (Wildman–Crippen MR) is 141 cm³/mol. The predicted octanol–water partition coefficient (Wildman–Crippen LogP) is 3.11. The third-order valence-electron chi connectivity index (χ3n) is 5.74. The van der Waals surface area contributed by atoms with Crippen LogP contribution in [0.25, 0.3) is 0 Å². The number of nitrogens with one attached hydrogen (secondary N) is 1. The van der Waals surface area contributed by atoms with Crippen LogP contribution in [-0.4, -0.2) is 64.7 Å². The van der Waals surface area contributed by atoms with Crippen molar-refractivity contribution in [1.82, 2.24) is 10.2 Å². The van der Waals surface area contributed by atoms with Crippen molar-refractivity contribution in [3.05, 3.63) is 53.6 Å². The van der Waals surface area contributed by atoms with Crippen LogP contribution in [0.15, 0.2) is 42.5 Å². The Morgan fingerprint density at radius 2 is 1.69 bits per heavy atom. The van der Waals surface area contributed by atoms with Crippen LogP contribution < -0.4 is 19.1 Å². The first kappa shape index (κ1) is 29.0. The van der Waals surface area contributed by atoms with Gasteiger partial charge in [0.05, 0.1) is 26.2 Å². The number of sulfonamides is 1. The Kier molecular flexibility index (Phi) is 10.6. The van der Waals surface area contributed by atoms with E-state index in [0.29, 0.717) is 18.7 Å². The molecule has 0 bridgehead atoms. The maximum Gasteiger partial charge on any atom is 0.244 e. The summed E-state index contributed by atoms with van der Waals surface area (Å²) in [6.45, 7) is 5.87. The first-order valence-corrected chi connectivity index (χ1v) is 13.7. The van der Waals surface area contributed by atoms with Gasteiger partial charge in [-0.2, -0.15) is 0 Å². The number of carbonyl (C=O) groups is 2. The van der Waals surface area contributed by atoms with E-state index in [4.69, 9.17) is 9.47 Å². The summed E-state index contributed by atoms with van der Waals surface area (Å²) >= 11 is 0. The van der Waals surface area contributed by atoms with E-state index in [1.807, 2.05) is 45.0 Å². The fraction of sp³-hybridized carbons (Fsp3) is 0.462. The number of anilines is 1. The minimum Gasteiger partial charge on any atom is -0.497 e. The summed E-state index contributed by atoms with van der Waals surface area (Å²) in [5.74, 6) is -0.102. The zero-order chi connectivity index (χ0) is 26.9. The highest BCUT2D eigenvalue weighted by atomic mass is 32.2. The van der Waals surface area contributed by atoms with Crippen LogP contribution in [0.3, 0.4) is 0 Å². The number of benzene rings is 2. The van der Waals surface area contributed by atoms with Crippen LogP contribution in [-0.2, 0) is 26.2 Å². The quantitative estimate of drug-likeness (QED) is 0.436. The SMILES string of the molecule is CCCNC(=O)C(CC)N(Cc1ccc(C)cc1)C(=O)CN(c1cc(OC)ccc1OC)S(C)(=O)=O. The number of amides is 2. The van der Waals surface area contributed by atoms with Gasteiger partial charge >= 0.3 is 0 Å². The number of aryl methyl sites for hydroxylation is 1. The lowest BCUT2D eigenvalue weighted by Crippen LogP contribution is -2.52. The van der Waals surface area contributed by atoms with Crippen molar-refractivity contribution in [3.63, 3.8) is 0 Å². The number of hydrogen-bond donors (Lipinski definition) is 1. The van der Waals surface area contributed by atoms with E-state index in [9.17, 15) is 18.0 Å². The van der Waals surface area contributed by atoms with Gasteiger partial charge in [0.2, 0.25) is 21.8 Å². The maximum atomic E-state index is 13.7. The zero-order valence-electron chi connectivity index (χ0n) is 21.9. The summed E-state index contributed by atoms with van der Waals surface area (Å²) in [5, 5.41) is 2.86. The first-order valence-electron chi connectivity index (χ1n) is 11.9. The molecule has 2 aromatic rings. The molecule has 1 N–H and O–H groups in total. The molecule has 0 aliphatic heterocycles. The molecule has 0 spiro atoms. The fourth-order valence-electron chi connectivity index (χ4n) is 3.76. The summed E-state index contributed by atoms with van der Waals surface area (Å²) in [7, 11) is -1.02. The molecular formula is C26H37N3O6S. The normalized spacial score (nSPS) is 11.9. The van der Waals surface area contributed by atoms with Crippen LogP contribution in [0.4, 0.5) is 5.69 Å². The smallest absolute Gasteiger partial charge is 0.244 e. The zero-order valence-corrected chi connectivity index (χ0v) is 22.7. The molecule has 9 nitrogen and oxygen atoms in total. The van der Waals surface area contributed by atoms with Gasteiger partial charge < -0.3 is 19.7 Å². The van der Waals surface area contributed by atoms with Crippen molar-refractivity contribution in [2.75, 3.05) is 37.9 Å². The lowest BCUT2D eigenvalue weighted by molar-refractivity contribution is -0.140. The highest BCUT2D eigenvalue weighted by Crippen LogP contribution is 2.34. The highest BCUT2D eigenvalue weighted by molar-refractivity contribution is 7.92. The van der Waals surface area contributed by atoms with Gasteiger partial charge in [-0.1, -0.05) is 43.7 Å². The largest absolute Gasteiger partial charge is 0.497 e. The molecule has 0 aliphatic carbocycles. The second-order valence-corrected chi connectivity index (χ2v) is 10.4. The molecule has 2 aromatic carbocycles. The molecule has 0 heterocycles. The molecule has 1 atom stereocenters. The molecule has 10 heteroatoms. The highest BCUT2D eigenvalue weighted by Gasteiger charge is 2.32. The fourth-order valence-corrected chi connectivity index (χ4v) is 4.61.